The van der Waals surface area contributed by atoms with Gasteiger partial charge in [0.1, 0.15) is 11.7 Å². The zero-order chi connectivity index (χ0) is 33.0. The number of carbonyl (C=O) groups excluding carboxylic acids is 3. The van der Waals surface area contributed by atoms with Crippen LogP contribution in [-0.4, -0.2) is 66.4 Å². The molecule has 1 aliphatic heterocycles. The summed E-state index contributed by atoms with van der Waals surface area (Å²) in [4.78, 5) is 38.2. The SMILES string of the molecule is Cc1nonc1C(=O)NCc1cn2ncc(C[C@H]3CC(C(F)(F)F)NC3=O)cc2n1.FC1(F)CCCCC1.NC(=O)C1(F)CC1. The van der Waals surface area contributed by atoms with Gasteiger partial charge in [-0.3, -0.25) is 14.4 Å². The number of nitrogens with two attached hydrogens (primary N) is 1. The molecule has 3 aliphatic rings. The van der Waals surface area contributed by atoms with Gasteiger partial charge in [0.25, 0.3) is 11.8 Å². The van der Waals surface area contributed by atoms with E-state index < -0.39 is 47.4 Å². The summed E-state index contributed by atoms with van der Waals surface area (Å²) in [7, 11) is 0. The maximum Gasteiger partial charge on any atom is 0.408 e. The molecule has 0 aromatic carbocycles. The Bertz CT molecular complexity index is 1510. The van der Waals surface area contributed by atoms with E-state index >= 15 is 0 Å². The van der Waals surface area contributed by atoms with E-state index in [1.54, 1.807) is 19.2 Å². The molecular weight excluding hydrogens is 614 g/mol. The summed E-state index contributed by atoms with van der Waals surface area (Å²) >= 11 is 0. The number of rotatable bonds is 6. The van der Waals surface area contributed by atoms with Crippen molar-refractivity contribution in [2.45, 2.75) is 95.1 Å². The highest BCUT2D eigenvalue weighted by Crippen LogP contribution is 2.39. The Hall–Kier alpha value is -4.25. The fourth-order valence-electron chi connectivity index (χ4n) is 4.70. The maximum atomic E-state index is 12.8. The number of fused-ring (bicyclic) bond motifs is 1. The van der Waals surface area contributed by atoms with Crippen LogP contribution < -0.4 is 16.4 Å². The third-order valence-electron chi connectivity index (χ3n) is 7.52. The van der Waals surface area contributed by atoms with Crippen molar-refractivity contribution in [2.75, 3.05) is 0 Å². The lowest BCUT2D eigenvalue weighted by atomic mass is 9.97. The van der Waals surface area contributed by atoms with Crippen molar-refractivity contribution in [3.05, 3.63) is 41.1 Å². The van der Waals surface area contributed by atoms with Gasteiger partial charge in [-0.1, -0.05) is 11.6 Å². The largest absolute Gasteiger partial charge is 0.408 e. The molecule has 4 N–H and O–H groups in total. The number of nitrogens with zero attached hydrogens (tertiary/aromatic N) is 5. The second kappa shape index (κ2) is 13.4. The van der Waals surface area contributed by atoms with E-state index in [1.807, 2.05) is 5.32 Å². The van der Waals surface area contributed by atoms with Gasteiger partial charge in [0.15, 0.2) is 17.0 Å². The Kier molecular flexibility index (Phi) is 10.0. The summed E-state index contributed by atoms with van der Waals surface area (Å²) in [6.45, 7) is 1.69. The van der Waals surface area contributed by atoms with Crippen molar-refractivity contribution >= 4 is 23.4 Å². The molecule has 0 radical (unpaired) electrons. The number of aryl methyl sites for hydroxylation is 1. The molecule has 12 nitrogen and oxygen atoms in total. The van der Waals surface area contributed by atoms with Crippen LogP contribution in [0.4, 0.5) is 26.3 Å². The van der Waals surface area contributed by atoms with Crippen molar-refractivity contribution in [1.29, 1.82) is 0 Å². The first-order valence-corrected chi connectivity index (χ1v) is 14.2. The van der Waals surface area contributed by atoms with Crippen molar-refractivity contribution in [2.24, 2.45) is 11.7 Å². The first kappa shape index (κ1) is 33.6. The van der Waals surface area contributed by atoms with E-state index in [2.05, 4.69) is 36.1 Å². The van der Waals surface area contributed by atoms with Crippen LogP contribution in [0.25, 0.3) is 5.65 Å². The predicted octanol–water partition coefficient (Wildman–Crippen LogP) is 3.52. The monoisotopic (exact) mass is 646 g/mol. The van der Waals surface area contributed by atoms with Crippen LogP contribution in [0, 0.1) is 12.8 Å². The second-order valence-corrected chi connectivity index (χ2v) is 11.3. The summed E-state index contributed by atoms with van der Waals surface area (Å²) < 4.78 is 81.0. The highest BCUT2D eigenvalue weighted by molar-refractivity contribution is 5.92. The second-order valence-electron chi connectivity index (χ2n) is 11.3. The number of nitrogens with one attached hydrogen (secondary N) is 2. The Morgan fingerprint density at radius 2 is 1.82 bits per heavy atom. The molecule has 1 unspecified atom stereocenters. The number of aromatic nitrogens is 5. The van der Waals surface area contributed by atoms with E-state index in [4.69, 9.17) is 0 Å². The average Bonchev–Trinajstić information content (AvgIpc) is 3.25. The molecule has 18 heteroatoms. The van der Waals surface area contributed by atoms with Crippen LogP contribution in [0.2, 0.25) is 0 Å². The molecule has 3 aromatic heterocycles. The molecule has 3 aromatic rings. The van der Waals surface area contributed by atoms with Crippen LogP contribution in [0.1, 0.15) is 78.8 Å². The van der Waals surface area contributed by atoms with Gasteiger partial charge in [0, 0.05) is 18.8 Å². The molecular formula is C27H32F6N8O4. The molecule has 4 heterocycles. The van der Waals surface area contributed by atoms with E-state index in [9.17, 15) is 40.7 Å². The van der Waals surface area contributed by atoms with Gasteiger partial charge in [-0.25, -0.2) is 27.3 Å². The highest BCUT2D eigenvalue weighted by atomic mass is 19.4. The minimum absolute atomic E-state index is 0.0752. The molecule has 0 bridgehead atoms. The fraction of sp³-hybridized carbons (Fsp3) is 0.593. The number of hydrogen-bond donors (Lipinski definition) is 3. The molecule has 6 rings (SSSR count). The van der Waals surface area contributed by atoms with Gasteiger partial charge in [-0.05, 0) is 62.2 Å². The summed E-state index contributed by atoms with van der Waals surface area (Å²) in [6, 6.07) is -0.171. The number of carbonyl (C=O) groups is 3. The quantitative estimate of drug-likeness (QED) is 0.342. The summed E-state index contributed by atoms with van der Waals surface area (Å²) in [5, 5.41) is 15.9. The number of amides is 3. The molecule has 2 saturated carbocycles. The first-order valence-electron chi connectivity index (χ1n) is 14.2. The molecule has 3 fully saturated rings. The topological polar surface area (TPSA) is 170 Å². The van der Waals surface area contributed by atoms with Crippen molar-refractivity contribution in [3.8, 4) is 0 Å². The fourth-order valence-corrected chi connectivity index (χ4v) is 4.70. The average molecular weight is 647 g/mol. The van der Waals surface area contributed by atoms with Gasteiger partial charge in [-0.2, -0.15) is 18.3 Å². The molecule has 0 spiro atoms. The highest BCUT2D eigenvalue weighted by Gasteiger charge is 2.49. The van der Waals surface area contributed by atoms with Crippen LogP contribution >= 0.6 is 0 Å². The Morgan fingerprint density at radius 3 is 2.31 bits per heavy atom. The van der Waals surface area contributed by atoms with Gasteiger partial charge in [0.2, 0.25) is 11.8 Å². The third kappa shape index (κ3) is 9.13. The van der Waals surface area contributed by atoms with Crippen LogP contribution in [0.5, 0.6) is 0 Å². The summed E-state index contributed by atoms with van der Waals surface area (Å²) in [6.07, 6.45) is 1.75. The van der Waals surface area contributed by atoms with E-state index in [0.717, 1.165) is 6.42 Å². The minimum atomic E-state index is -4.46. The molecule has 246 valence electrons. The molecule has 2 atom stereocenters. The summed E-state index contributed by atoms with van der Waals surface area (Å²) in [5.41, 5.74) is 4.99. The Labute approximate surface area is 252 Å². The standard InChI is InChI=1S/C17H16F3N7O3.C6H10F2.C4H6FNO/c1-8-14(26-30-25-8)16(29)21-6-11-7-27-13(23-11)3-9(5-22-27)2-10-4-12(17(18,19)20)24-15(10)28;7-6(8)4-2-1-3-5-6;5-4(1-2-4)3(6)7/h3,5,7,10,12H,2,4,6H2,1H3,(H,21,29)(H,24,28);1-5H2;1-2H2,(H2,6,7)/t10-,12?;;/m0../s1. The van der Waals surface area contributed by atoms with E-state index in [-0.39, 0.29) is 37.9 Å². The molecule has 3 amide bonds. The zero-order valence-electron chi connectivity index (χ0n) is 24.2. The number of imidazole rings is 1. The molecule has 2 aliphatic carbocycles. The summed E-state index contributed by atoms with van der Waals surface area (Å²) in [5.74, 6) is -5.01. The lowest BCUT2D eigenvalue weighted by molar-refractivity contribution is -0.154. The minimum Gasteiger partial charge on any atom is -0.367 e. The predicted molar refractivity (Wildman–Crippen MR) is 143 cm³/mol. The smallest absolute Gasteiger partial charge is 0.367 e. The molecule has 1 saturated heterocycles. The van der Waals surface area contributed by atoms with Crippen LogP contribution in [0.15, 0.2) is 23.1 Å². The number of halogens is 6. The number of hydrogen-bond acceptors (Lipinski definition) is 8. The van der Waals surface area contributed by atoms with Crippen molar-refractivity contribution < 1.29 is 45.4 Å². The van der Waals surface area contributed by atoms with Crippen LogP contribution in [0.3, 0.4) is 0 Å². The van der Waals surface area contributed by atoms with Gasteiger partial charge in [-0.15, -0.1) is 0 Å². The lowest BCUT2D eigenvalue weighted by Gasteiger charge is -2.20. The third-order valence-corrected chi connectivity index (χ3v) is 7.52. The van der Waals surface area contributed by atoms with E-state index in [0.29, 0.717) is 48.3 Å². The number of alkyl halides is 6. The maximum absolute atomic E-state index is 12.8. The van der Waals surface area contributed by atoms with Gasteiger partial charge < -0.3 is 16.4 Å². The Morgan fingerprint density at radius 1 is 1.13 bits per heavy atom. The van der Waals surface area contributed by atoms with Crippen molar-refractivity contribution in [3.63, 3.8) is 0 Å². The Balaban J connectivity index is 0.000000250. The normalized spacial score (nSPS) is 21.5. The first-order chi connectivity index (χ1) is 21.1. The van der Waals surface area contributed by atoms with E-state index in [1.165, 1.54) is 10.7 Å². The number of primary amides is 1. The van der Waals surface area contributed by atoms with Crippen LogP contribution in [-0.2, 0) is 22.6 Å². The zero-order valence-corrected chi connectivity index (χ0v) is 24.2. The lowest BCUT2D eigenvalue weighted by Crippen LogP contribution is -2.38. The van der Waals surface area contributed by atoms with Crippen molar-refractivity contribution in [1.82, 2.24) is 35.5 Å². The van der Waals surface area contributed by atoms with Gasteiger partial charge in [0.05, 0.1) is 24.6 Å². The van der Waals surface area contributed by atoms with Gasteiger partial charge >= 0.3 is 6.18 Å². The molecule has 45 heavy (non-hydrogen) atoms.